The van der Waals surface area contributed by atoms with Crippen LogP contribution in [0.15, 0.2) is 66.9 Å². The highest BCUT2D eigenvalue weighted by Gasteiger charge is 2.29. The van der Waals surface area contributed by atoms with Gasteiger partial charge in [0.2, 0.25) is 0 Å². The summed E-state index contributed by atoms with van der Waals surface area (Å²) in [4.78, 5) is 15.9. The third-order valence-corrected chi connectivity index (χ3v) is 8.47. The minimum absolute atomic E-state index is 0.0166. The van der Waals surface area contributed by atoms with Crippen molar-refractivity contribution in [2.75, 3.05) is 30.5 Å². The molecule has 0 unspecified atom stereocenters. The lowest BCUT2D eigenvalue weighted by atomic mass is 9.82. The van der Waals surface area contributed by atoms with Gasteiger partial charge in [-0.25, -0.2) is 0 Å². The highest BCUT2D eigenvalue weighted by molar-refractivity contribution is 6.30. The molecule has 7 heteroatoms. The van der Waals surface area contributed by atoms with Gasteiger partial charge in [-0.3, -0.25) is 4.79 Å². The zero-order chi connectivity index (χ0) is 29.1. The Morgan fingerprint density at radius 1 is 1.02 bits per heavy atom. The number of benzene rings is 3. The first-order valence-corrected chi connectivity index (χ1v) is 14.8. The highest BCUT2D eigenvalue weighted by atomic mass is 35.5. The lowest BCUT2D eigenvalue weighted by molar-refractivity contribution is -0.143. The summed E-state index contributed by atoms with van der Waals surface area (Å²) in [5.74, 6) is 1.13. The fourth-order valence-corrected chi connectivity index (χ4v) is 6.18. The largest absolute Gasteiger partial charge is 0.493 e. The monoisotopic (exact) mass is 574 g/mol. The molecular weight excluding hydrogens is 536 g/mol. The molecule has 1 N–H and O–H groups in total. The number of aliphatic carboxylic acids is 1. The van der Waals surface area contributed by atoms with Gasteiger partial charge in [-0.2, -0.15) is 0 Å². The van der Waals surface area contributed by atoms with E-state index >= 15 is 0 Å². The smallest absolute Gasteiger partial charge is 0.306 e. The molecule has 5 rings (SSSR count). The molecule has 216 valence electrons. The molecule has 6 nitrogen and oxygen atoms in total. The van der Waals surface area contributed by atoms with Gasteiger partial charge in [0.1, 0.15) is 0 Å². The first-order valence-electron chi connectivity index (χ1n) is 14.4. The van der Waals surface area contributed by atoms with Gasteiger partial charge in [0.25, 0.3) is 0 Å². The number of carbonyl (C=O) groups is 1. The maximum atomic E-state index is 11.3. The second kappa shape index (κ2) is 12.5. The van der Waals surface area contributed by atoms with Crippen molar-refractivity contribution in [1.29, 1.82) is 0 Å². The van der Waals surface area contributed by atoms with E-state index in [-0.39, 0.29) is 18.1 Å². The van der Waals surface area contributed by atoms with Crippen LogP contribution in [0.25, 0.3) is 6.08 Å². The minimum Gasteiger partial charge on any atom is -0.493 e. The minimum atomic E-state index is -0.651. The van der Waals surface area contributed by atoms with Crippen LogP contribution in [-0.2, 0) is 4.79 Å². The van der Waals surface area contributed by atoms with Crippen molar-refractivity contribution in [3.8, 4) is 11.5 Å². The third kappa shape index (κ3) is 6.48. The lowest BCUT2D eigenvalue weighted by Gasteiger charge is -2.36. The van der Waals surface area contributed by atoms with E-state index in [1.165, 1.54) is 0 Å². The zero-order valence-electron chi connectivity index (χ0n) is 24.2. The highest BCUT2D eigenvalue weighted by Crippen LogP contribution is 2.44. The molecule has 0 bridgehead atoms. The topological polar surface area (TPSA) is 62.2 Å². The van der Waals surface area contributed by atoms with Gasteiger partial charge in [-0.05, 0) is 117 Å². The summed E-state index contributed by atoms with van der Waals surface area (Å²) < 4.78 is 11.8. The Morgan fingerprint density at radius 2 is 1.71 bits per heavy atom. The number of nitrogens with zero attached hydrogens (tertiary/aromatic N) is 2. The normalized spacial score (nSPS) is 20.0. The van der Waals surface area contributed by atoms with Crippen molar-refractivity contribution < 1.29 is 19.4 Å². The molecule has 2 aliphatic rings. The van der Waals surface area contributed by atoms with Gasteiger partial charge >= 0.3 is 5.97 Å². The van der Waals surface area contributed by atoms with Crippen LogP contribution in [0, 0.1) is 11.8 Å². The Balaban J connectivity index is 1.41. The lowest BCUT2D eigenvalue weighted by Crippen LogP contribution is -2.30. The maximum absolute atomic E-state index is 11.3. The molecule has 1 aliphatic heterocycles. The van der Waals surface area contributed by atoms with Crippen LogP contribution < -0.4 is 19.3 Å². The van der Waals surface area contributed by atoms with E-state index < -0.39 is 5.97 Å². The van der Waals surface area contributed by atoms with Crippen LogP contribution in [0.2, 0.25) is 5.02 Å². The average molecular weight is 575 g/mol. The molecule has 0 radical (unpaired) electrons. The SMILES string of the molecule is COc1cc2c(cc1OC(C)C)[C@H](c1ccc(Cl)cc1)N(c1ccc(N(C)CC3CCC(C(=O)O)CC3)cc1)C=C2. The quantitative estimate of drug-likeness (QED) is 0.279. The zero-order valence-corrected chi connectivity index (χ0v) is 25.0. The fourth-order valence-electron chi connectivity index (χ4n) is 6.06. The standard InChI is InChI=1S/C34H39ClN2O4/c1-22(2)41-32-20-30-26(19-31(32)40-4)17-18-37(33(30)24-9-11-27(35)12-10-24)29-15-13-28(14-16-29)36(3)21-23-5-7-25(8-6-23)34(38)39/h9-20,22-23,25,33H,5-8,21H2,1-4H3,(H,38,39)/t23?,25?,33-/m0/s1. The van der Waals surface area contributed by atoms with E-state index in [1.807, 2.05) is 32.0 Å². The third-order valence-electron chi connectivity index (χ3n) is 8.22. The Morgan fingerprint density at radius 3 is 2.32 bits per heavy atom. The van der Waals surface area contributed by atoms with Crippen molar-refractivity contribution in [3.63, 3.8) is 0 Å². The molecule has 1 heterocycles. The molecule has 1 fully saturated rings. The van der Waals surface area contributed by atoms with E-state index in [4.69, 9.17) is 21.1 Å². The van der Waals surface area contributed by atoms with Crippen molar-refractivity contribution in [2.24, 2.45) is 11.8 Å². The molecule has 3 aromatic carbocycles. The molecule has 0 saturated heterocycles. The van der Waals surface area contributed by atoms with Crippen LogP contribution >= 0.6 is 11.6 Å². The summed E-state index contributed by atoms with van der Waals surface area (Å²) in [6, 6.07) is 20.8. The fraction of sp³-hybridized carbons (Fsp3) is 0.382. The molecule has 41 heavy (non-hydrogen) atoms. The average Bonchev–Trinajstić information content (AvgIpc) is 2.97. The van der Waals surface area contributed by atoms with Crippen molar-refractivity contribution >= 4 is 35.0 Å². The van der Waals surface area contributed by atoms with E-state index in [0.29, 0.717) is 16.7 Å². The van der Waals surface area contributed by atoms with Crippen molar-refractivity contribution in [1.82, 2.24) is 0 Å². The Hall–Kier alpha value is -3.64. The first-order chi connectivity index (χ1) is 19.7. The number of fused-ring (bicyclic) bond motifs is 1. The number of anilines is 2. The molecule has 0 amide bonds. The number of ether oxygens (including phenoxy) is 2. The van der Waals surface area contributed by atoms with Crippen LogP contribution in [-0.4, -0.2) is 37.9 Å². The Labute approximate surface area is 248 Å². The molecule has 0 spiro atoms. The molecular formula is C34H39ClN2O4. The van der Waals surface area contributed by atoms with Crippen LogP contribution in [0.1, 0.15) is 62.3 Å². The van der Waals surface area contributed by atoms with Gasteiger partial charge in [-0.1, -0.05) is 23.7 Å². The number of carboxylic acid groups (broad SMARTS) is 1. The molecule has 1 aliphatic carbocycles. The molecule has 0 aromatic heterocycles. The summed E-state index contributed by atoms with van der Waals surface area (Å²) in [5.41, 5.74) is 5.57. The van der Waals surface area contributed by atoms with Crippen LogP contribution in [0.3, 0.4) is 0 Å². The van der Waals surface area contributed by atoms with Crippen molar-refractivity contribution in [3.05, 3.63) is 88.6 Å². The second-order valence-corrected chi connectivity index (χ2v) is 11.9. The van der Waals surface area contributed by atoms with E-state index in [2.05, 4.69) is 71.6 Å². The van der Waals surface area contributed by atoms with Gasteiger partial charge < -0.3 is 24.4 Å². The van der Waals surface area contributed by atoms with Gasteiger partial charge in [0.15, 0.2) is 11.5 Å². The summed E-state index contributed by atoms with van der Waals surface area (Å²) in [6.07, 6.45) is 7.75. The maximum Gasteiger partial charge on any atom is 0.306 e. The van der Waals surface area contributed by atoms with Gasteiger partial charge in [-0.15, -0.1) is 0 Å². The Bertz CT molecular complexity index is 1380. The van der Waals surface area contributed by atoms with Crippen LogP contribution in [0.4, 0.5) is 11.4 Å². The number of rotatable bonds is 9. The van der Waals surface area contributed by atoms with Crippen molar-refractivity contribution in [2.45, 2.75) is 51.7 Å². The number of hydrogen-bond donors (Lipinski definition) is 1. The van der Waals surface area contributed by atoms with E-state index in [9.17, 15) is 9.90 Å². The number of halogens is 1. The summed E-state index contributed by atoms with van der Waals surface area (Å²) in [6.45, 7) is 4.96. The number of hydrogen-bond acceptors (Lipinski definition) is 5. The van der Waals surface area contributed by atoms with E-state index in [1.54, 1.807) is 7.11 Å². The van der Waals surface area contributed by atoms with E-state index in [0.717, 1.165) is 66.0 Å². The van der Waals surface area contributed by atoms with Crippen LogP contribution in [0.5, 0.6) is 11.5 Å². The summed E-state index contributed by atoms with van der Waals surface area (Å²) >= 11 is 6.27. The van der Waals surface area contributed by atoms with Gasteiger partial charge in [0.05, 0.1) is 25.2 Å². The summed E-state index contributed by atoms with van der Waals surface area (Å²) in [5, 5.41) is 10.0. The Kier molecular flexibility index (Phi) is 8.79. The van der Waals surface area contributed by atoms with Gasteiger partial charge in [0, 0.05) is 36.2 Å². The second-order valence-electron chi connectivity index (χ2n) is 11.4. The first kappa shape index (κ1) is 28.9. The molecule has 1 saturated carbocycles. The predicted molar refractivity (Wildman–Crippen MR) is 166 cm³/mol. The summed E-state index contributed by atoms with van der Waals surface area (Å²) in [7, 11) is 3.79. The molecule has 1 atom stereocenters. The molecule has 3 aromatic rings. The number of carboxylic acids is 1. The predicted octanol–water partition coefficient (Wildman–Crippen LogP) is 8.04. The number of methoxy groups -OCH3 is 1.